The van der Waals surface area contributed by atoms with Crippen LogP contribution in [0.15, 0.2) is 83.5 Å². The molecular formula is C28H21ClN2O5. The fourth-order valence-electron chi connectivity index (χ4n) is 4.25. The summed E-state index contributed by atoms with van der Waals surface area (Å²) >= 11 is 6.00. The maximum atomic E-state index is 12.1. The van der Waals surface area contributed by atoms with Crippen molar-refractivity contribution >= 4 is 34.9 Å². The second kappa shape index (κ2) is 10.1. The van der Waals surface area contributed by atoms with Crippen LogP contribution in [-0.4, -0.2) is 34.6 Å². The lowest BCUT2D eigenvalue weighted by Crippen LogP contribution is -2.45. The van der Waals surface area contributed by atoms with E-state index >= 15 is 0 Å². The monoisotopic (exact) mass is 500 g/mol. The molecule has 0 bridgehead atoms. The molecule has 0 spiro atoms. The minimum Gasteiger partial charge on any atom is -0.493 e. The first-order valence-corrected chi connectivity index (χ1v) is 11.7. The van der Waals surface area contributed by atoms with Crippen molar-refractivity contribution in [3.63, 3.8) is 0 Å². The first kappa shape index (κ1) is 23.4. The molecule has 7 nitrogen and oxygen atoms in total. The normalized spacial score (nSPS) is 14.8. The number of anilines is 1. The molecule has 0 saturated heterocycles. The zero-order valence-corrected chi connectivity index (χ0v) is 19.8. The maximum absolute atomic E-state index is 12.1. The van der Waals surface area contributed by atoms with Crippen molar-refractivity contribution in [1.29, 1.82) is 0 Å². The van der Waals surface area contributed by atoms with Gasteiger partial charge in [-0.2, -0.15) is 0 Å². The van der Waals surface area contributed by atoms with Crippen LogP contribution in [-0.2, 0) is 22.4 Å². The van der Waals surface area contributed by atoms with Crippen molar-refractivity contribution in [3.05, 3.63) is 101 Å². The number of carboxylic acid groups (broad SMARTS) is 1. The summed E-state index contributed by atoms with van der Waals surface area (Å²) in [4.78, 5) is 30.1. The van der Waals surface area contributed by atoms with E-state index < -0.39 is 12.0 Å². The van der Waals surface area contributed by atoms with Crippen LogP contribution < -0.4 is 9.64 Å². The maximum Gasteiger partial charge on any atom is 0.327 e. The summed E-state index contributed by atoms with van der Waals surface area (Å²) in [6.07, 6.45) is 2.36. The molecule has 1 N–H and O–H groups in total. The Hall–Kier alpha value is -4.32. The van der Waals surface area contributed by atoms with Gasteiger partial charge in [0.25, 0.3) is 0 Å². The van der Waals surface area contributed by atoms with Crippen molar-refractivity contribution in [3.8, 4) is 17.2 Å². The number of ether oxygens (including phenoxy) is 1. The molecule has 1 aromatic heterocycles. The molecule has 4 aromatic rings. The Morgan fingerprint density at radius 3 is 2.64 bits per heavy atom. The highest BCUT2D eigenvalue weighted by molar-refractivity contribution is 6.30. The van der Waals surface area contributed by atoms with Crippen LogP contribution in [0.25, 0.3) is 17.2 Å². The van der Waals surface area contributed by atoms with Gasteiger partial charge in [0.2, 0.25) is 5.89 Å². The van der Waals surface area contributed by atoms with Crippen molar-refractivity contribution in [2.75, 3.05) is 11.5 Å². The molecule has 180 valence electrons. The summed E-state index contributed by atoms with van der Waals surface area (Å²) in [6.45, 7) is 0.346. The fraction of sp³-hybridized carbons (Fsp3) is 0.143. The Bertz CT molecular complexity index is 1440. The predicted octanol–water partition coefficient (Wildman–Crippen LogP) is 5.30. The van der Waals surface area contributed by atoms with Gasteiger partial charge in [-0.1, -0.05) is 35.9 Å². The van der Waals surface area contributed by atoms with Crippen LogP contribution in [0.1, 0.15) is 16.8 Å². The molecule has 1 aliphatic rings. The van der Waals surface area contributed by atoms with E-state index in [1.807, 2.05) is 36.3 Å². The Kier molecular flexibility index (Phi) is 6.58. The SMILES string of the molecule is O=C=C1c2cc(OCCc3coc(-c4ccccc4)n3)ccc2CC(C(=O)O)N1c1ccc(Cl)cc1. The number of nitrogens with zero attached hydrogens (tertiary/aromatic N) is 2. The fourth-order valence-corrected chi connectivity index (χ4v) is 4.38. The third-order valence-electron chi connectivity index (χ3n) is 5.99. The second-order valence-corrected chi connectivity index (χ2v) is 8.72. The first-order valence-electron chi connectivity index (χ1n) is 11.3. The number of hydrogen-bond donors (Lipinski definition) is 1. The molecule has 8 heteroatoms. The van der Waals surface area contributed by atoms with Gasteiger partial charge in [0.05, 0.1) is 12.3 Å². The molecule has 0 amide bonds. The molecule has 1 atom stereocenters. The molecule has 36 heavy (non-hydrogen) atoms. The molecule has 0 radical (unpaired) electrons. The summed E-state index contributed by atoms with van der Waals surface area (Å²) in [5.41, 5.74) is 3.67. The summed E-state index contributed by atoms with van der Waals surface area (Å²) in [5.74, 6) is 2.02. The smallest absolute Gasteiger partial charge is 0.327 e. The Morgan fingerprint density at radius 2 is 1.92 bits per heavy atom. The largest absolute Gasteiger partial charge is 0.493 e. The number of carboxylic acids is 1. The van der Waals surface area contributed by atoms with Crippen molar-refractivity contribution in [1.82, 2.24) is 4.98 Å². The number of hydrogen-bond acceptors (Lipinski definition) is 6. The Morgan fingerprint density at radius 1 is 1.14 bits per heavy atom. The zero-order valence-electron chi connectivity index (χ0n) is 19.1. The van der Waals surface area contributed by atoms with Crippen LogP contribution in [0.4, 0.5) is 5.69 Å². The number of halogens is 1. The Balaban J connectivity index is 1.34. The highest BCUT2D eigenvalue weighted by Crippen LogP contribution is 2.37. The first-order chi connectivity index (χ1) is 17.5. The van der Waals surface area contributed by atoms with E-state index in [2.05, 4.69) is 4.98 Å². The van der Waals surface area contributed by atoms with Crippen molar-refractivity contribution in [2.24, 2.45) is 0 Å². The number of rotatable bonds is 7. The van der Waals surface area contributed by atoms with Crippen LogP contribution in [0.2, 0.25) is 5.02 Å². The molecule has 1 unspecified atom stereocenters. The van der Waals surface area contributed by atoms with Crippen molar-refractivity contribution < 1.29 is 23.8 Å². The molecule has 0 aliphatic carbocycles. The lowest BCUT2D eigenvalue weighted by atomic mass is 9.91. The van der Waals surface area contributed by atoms with Crippen LogP contribution in [0.3, 0.4) is 0 Å². The molecular weight excluding hydrogens is 480 g/mol. The van der Waals surface area contributed by atoms with E-state index in [4.69, 9.17) is 20.8 Å². The lowest BCUT2D eigenvalue weighted by molar-refractivity contribution is -0.138. The number of aliphatic carboxylic acids is 1. The molecule has 0 fully saturated rings. The van der Waals surface area contributed by atoms with Gasteiger partial charge in [0.15, 0.2) is 5.94 Å². The van der Waals surface area contributed by atoms with Gasteiger partial charge in [0.1, 0.15) is 23.8 Å². The number of fused-ring (bicyclic) bond motifs is 1. The standard InChI is InChI=1S/C28H21ClN2O5/c29-20-7-9-22(10-8-20)31-25(28(33)34)14-19-6-11-23(15-24(19)26(31)16-32)35-13-12-21-17-36-27(30-21)18-4-2-1-3-5-18/h1-11,15,17,25H,12-14H2,(H,33,34). The quantitative estimate of drug-likeness (QED) is 0.344. The second-order valence-electron chi connectivity index (χ2n) is 8.28. The van der Waals surface area contributed by atoms with E-state index in [-0.39, 0.29) is 12.1 Å². The van der Waals surface area contributed by atoms with E-state index in [1.54, 1.807) is 48.7 Å². The minimum atomic E-state index is -1.04. The highest BCUT2D eigenvalue weighted by atomic mass is 35.5. The van der Waals surface area contributed by atoms with Crippen LogP contribution >= 0.6 is 11.6 Å². The molecule has 2 heterocycles. The molecule has 1 aliphatic heterocycles. The Labute approximate surface area is 212 Å². The average molecular weight is 501 g/mol. The van der Waals surface area contributed by atoms with Gasteiger partial charge < -0.3 is 19.2 Å². The number of aromatic nitrogens is 1. The summed E-state index contributed by atoms with van der Waals surface area (Å²) in [5, 5.41) is 10.4. The van der Waals surface area contributed by atoms with E-state index in [0.717, 1.165) is 16.8 Å². The molecule has 3 aromatic carbocycles. The van der Waals surface area contributed by atoms with Gasteiger partial charge in [-0.15, -0.1) is 0 Å². The average Bonchev–Trinajstić information content (AvgIpc) is 3.37. The summed E-state index contributed by atoms with van der Waals surface area (Å²) < 4.78 is 11.5. The van der Waals surface area contributed by atoms with Gasteiger partial charge >= 0.3 is 5.97 Å². The van der Waals surface area contributed by atoms with Gasteiger partial charge in [0, 0.05) is 34.7 Å². The topological polar surface area (TPSA) is 92.9 Å². The van der Waals surface area contributed by atoms with E-state index in [1.165, 1.54) is 4.90 Å². The molecule has 5 rings (SSSR count). The predicted molar refractivity (Wildman–Crippen MR) is 136 cm³/mol. The van der Waals surface area contributed by atoms with Gasteiger partial charge in [-0.3, -0.25) is 0 Å². The summed E-state index contributed by atoms with van der Waals surface area (Å²) in [7, 11) is 0. The zero-order chi connectivity index (χ0) is 25.1. The lowest BCUT2D eigenvalue weighted by Gasteiger charge is -2.36. The number of benzene rings is 3. The van der Waals surface area contributed by atoms with Crippen LogP contribution in [0.5, 0.6) is 5.75 Å². The van der Waals surface area contributed by atoms with Gasteiger partial charge in [-0.25, -0.2) is 14.6 Å². The minimum absolute atomic E-state index is 0.139. The third-order valence-corrected chi connectivity index (χ3v) is 6.24. The van der Waals surface area contributed by atoms with Crippen LogP contribution in [0, 0.1) is 0 Å². The van der Waals surface area contributed by atoms with E-state index in [9.17, 15) is 14.7 Å². The third kappa shape index (κ3) is 4.75. The summed E-state index contributed by atoms with van der Waals surface area (Å²) in [6, 6.07) is 20.7. The molecule has 0 saturated carbocycles. The van der Waals surface area contributed by atoms with E-state index in [0.29, 0.717) is 40.9 Å². The van der Waals surface area contributed by atoms with Crippen molar-refractivity contribution in [2.45, 2.75) is 18.9 Å². The number of carbonyl (C=O) groups is 1. The number of carbonyl (C=O) groups excluding carboxylic acids is 1. The highest BCUT2D eigenvalue weighted by Gasteiger charge is 2.36. The van der Waals surface area contributed by atoms with Gasteiger partial charge in [-0.05, 0) is 54.1 Å². The number of oxazole rings is 1.